The molecule has 0 aliphatic carbocycles. The second kappa shape index (κ2) is 7.80. The largest absolute Gasteiger partial charge is 0.395 e. The van der Waals surface area contributed by atoms with Gasteiger partial charge in [-0.15, -0.1) is 0 Å². The van der Waals surface area contributed by atoms with Crippen molar-refractivity contribution >= 4 is 10.0 Å². The van der Waals surface area contributed by atoms with E-state index in [1.165, 1.54) is 18.3 Å². The summed E-state index contributed by atoms with van der Waals surface area (Å²) in [4.78, 5) is 0. The third kappa shape index (κ3) is 4.87. The van der Waals surface area contributed by atoms with E-state index in [0.717, 1.165) is 11.1 Å². The van der Waals surface area contributed by atoms with E-state index in [2.05, 4.69) is 11.8 Å². The van der Waals surface area contributed by atoms with Crippen LogP contribution in [0.4, 0.5) is 0 Å². The van der Waals surface area contributed by atoms with Gasteiger partial charge in [0.1, 0.15) is 0 Å². The van der Waals surface area contributed by atoms with Crippen LogP contribution in [0.3, 0.4) is 0 Å². The lowest BCUT2D eigenvalue weighted by Gasteiger charge is -2.18. The zero-order valence-corrected chi connectivity index (χ0v) is 12.9. The molecule has 6 heteroatoms. The molecule has 1 unspecified atom stereocenters. The van der Waals surface area contributed by atoms with Crippen LogP contribution in [0, 0.1) is 23.2 Å². The summed E-state index contributed by atoms with van der Waals surface area (Å²) >= 11 is 0. The average Bonchev–Trinajstić information content (AvgIpc) is 2.47. The second-order valence-corrected chi connectivity index (χ2v) is 6.91. The molecule has 0 spiro atoms. The van der Waals surface area contributed by atoms with Gasteiger partial charge in [-0.2, -0.15) is 9.57 Å². The van der Waals surface area contributed by atoms with Crippen molar-refractivity contribution in [2.75, 3.05) is 13.7 Å². The Kier molecular flexibility index (Phi) is 6.39. The van der Waals surface area contributed by atoms with Crippen LogP contribution < -0.4 is 0 Å². The molecule has 1 aromatic carbocycles. The molecule has 0 aliphatic rings. The van der Waals surface area contributed by atoms with E-state index in [4.69, 9.17) is 10.4 Å². The van der Waals surface area contributed by atoms with E-state index in [0.29, 0.717) is 6.42 Å². The molecular weight excluding hydrogens is 288 g/mol. The van der Waals surface area contributed by atoms with E-state index in [1.54, 1.807) is 24.3 Å². The summed E-state index contributed by atoms with van der Waals surface area (Å²) in [7, 11) is -2.17. The summed E-state index contributed by atoms with van der Waals surface area (Å²) in [6.45, 7) is 1.56. The molecule has 0 amide bonds. The summed E-state index contributed by atoms with van der Waals surface area (Å²) < 4.78 is 25.2. The van der Waals surface area contributed by atoms with Crippen LogP contribution in [0.1, 0.15) is 24.5 Å². The molecule has 1 rings (SSSR count). The fourth-order valence-electron chi connectivity index (χ4n) is 1.65. The van der Waals surface area contributed by atoms with Gasteiger partial charge in [0.25, 0.3) is 0 Å². The molecule has 0 fully saturated rings. The van der Waals surface area contributed by atoms with Crippen molar-refractivity contribution in [3.8, 4) is 17.9 Å². The van der Waals surface area contributed by atoms with Crippen molar-refractivity contribution in [3.05, 3.63) is 35.4 Å². The fourth-order valence-corrected chi connectivity index (χ4v) is 2.65. The van der Waals surface area contributed by atoms with E-state index in [-0.39, 0.29) is 13.2 Å². The van der Waals surface area contributed by atoms with Gasteiger partial charge in [-0.25, -0.2) is 8.42 Å². The van der Waals surface area contributed by atoms with Crippen LogP contribution in [0.5, 0.6) is 0 Å². The van der Waals surface area contributed by atoms with Crippen molar-refractivity contribution in [2.45, 2.75) is 25.1 Å². The predicted molar refractivity (Wildman–Crippen MR) is 80.5 cm³/mol. The van der Waals surface area contributed by atoms with E-state index in [1.807, 2.05) is 6.07 Å². The van der Waals surface area contributed by atoms with Gasteiger partial charge >= 0.3 is 0 Å². The van der Waals surface area contributed by atoms with Gasteiger partial charge in [0, 0.05) is 25.6 Å². The minimum absolute atomic E-state index is 0.0136. The standard InChI is InChI=1S/C15H18N2O3S/c1-13(11-16)21(19,20)17(2)12-15-8-5-7-14(10-15)6-3-4-9-18/h5,7-8,10,13,18H,4,9,12H2,1-2H3. The summed E-state index contributed by atoms with van der Waals surface area (Å²) in [5.74, 6) is 5.72. The topological polar surface area (TPSA) is 81.4 Å². The van der Waals surface area contributed by atoms with Crippen molar-refractivity contribution < 1.29 is 13.5 Å². The van der Waals surface area contributed by atoms with Gasteiger partial charge < -0.3 is 5.11 Å². The van der Waals surface area contributed by atoms with Crippen LogP contribution >= 0.6 is 0 Å². The third-order valence-electron chi connectivity index (χ3n) is 2.86. The molecule has 0 aliphatic heterocycles. The summed E-state index contributed by atoms with van der Waals surface area (Å²) in [5.41, 5.74) is 1.56. The Hall–Kier alpha value is -1.86. The SMILES string of the molecule is CC(C#N)S(=O)(=O)N(C)Cc1cccc(C#CCCO)c1. The molecule has 0 aromatic heterocycles. The number of aliphatic hydroxyl groups is 1. The maximum absolute atomic E-state index is 12.0. The molecule has 0 radical (unpaired) electrons. The highest BCUT2D eigenvalue weighted by atomic mass is 32.2. The van der Waals surface area contributed by atoms with Gasteiger partial charge in [0.05, 0.1) is 12.7 Å². The van der Waals surface area contributed by atoms with Gasteiger partial charge in [0.15, 0.2) is 5.25 Å². The Labute approximate surface area is 125 Å². The lowest BCUT2D eigenvalue weighted by molar-refractivity contribution is 0.305. The van der Waals surface area contributed by atoms with Crippen LogP contribution in [-0.4, -0.2) is 36.7 Å². The molecule has 0 heterocycles. The zero-order valence-electron chi connectivity index (χ0n) is 12.1. The lowest BCUT2D eigenvalue weighted by atomic mass is 10.1. The van der Waals surface area contributed by atoms with Crippen molar-refractivity contribution in [1.29, 1.82) is 5.26 Å². The number of hydrogen-bond acceptors (Lipinski definition) is 4. The molecule has 0 bridgehead atoms. The van der Waals surface area contributed by atoms with Gasteiger partial charge in [0.2, 0.25) is 10.0 Å². The first-order valence-electron chi connectivity index (χ1n) is 6.45. The average molecular weight is 306 g/mol. The van der Waals surface area contributed by atoms with Crippen LogP contribution in [0.15, 0.2) is 24.3 Å². The van der Waals surface area contributed by atoms with Crippen LogP contribution in [0.2, 0.25) is 0 Å². The second-order valence-electron chi connectivity index (χ2n) is 4.55. The first-order valence-corrected chi connectivity index (χ1v) is 7.95. The summed E-state index contributed by atoms with van der Waals surface area (Å²) in [6.07, 6.45) is 0.401. The maximum Gasteiger partial charge on any atom is 0.230 e. The molecule has 112 valence electrons. The number of nitriles is 1. The Morgan fingerprint density at radius 3 is 2.76 bits per heavy atom. The minimum Gasteiger partial charge on any atom is -0.395 e. The smallest absolute Gasteiger partial charge is 0.230 e. The van der Waals surface area contributed by atoms with Crippen molar-refractivity contribution in [3.63, 3.8) is 0 Å². The Morgan fingerprint density at radius 1 is 1.43 bits per heavy atom. The monoisotopic (exact) mass is 306 g/mol. The fraction of sp³-hybridized carbons (Fsp3) is 0.400. The van der Waals surface area contributed by atoms with Crippen molar-refractivity contribution in [1.82, 2.24) is 4.31 Å². The zero-order chi connectivity index (χ0) is 15.9. The first kappa shape index (κ1) is 17.2. The summed E-state index contributed by atoms with van der Waals surface area (Å²) in [5, 5.41) is 16.4. The summed E-state index contributed by atoms with van der Waals surface area (Å²) in [6, 6.07) is 8.96. The molecular formula is C15H18N2O3S. The molecule has 21 heavy (non-hydrogen) atoms. The molecule has 0 saturated heterocycles. The Bertz CT molecular complexity index is 681. The quantitative estimate of drug-likeness (QED) is 0.826. The number of nitrogens with zero attached hydrogens (tertiary/aromatic N) is 2. The molecule has 5 nitrogen and oxygen atoms in total. The molecule has 1 atom stereocenters. The first-order chi connectivity index (χ1) is 9.91. The van der Waals surface area contributed by atoms with Gasteiger partial charge in [-0.3, -0.25) is 0 Å². The van der Waals surface area contributed by atoms with Gasteiger partial charge in [-0.05, 0) is 24.6 Å². The minimum atomic E-state index is -3.62. The normalized spacial score (nSPS) is 12.3. The van der Waals surface area contributed by atoms with Crippen molar-refractivity contribution in [2.24, 2.45) is 0 Å². The lowest BCUT2D eigenvalue weighted by Crippen LogP contribution is -2.33. The maximum atomic E-state index is 12.0. The number of hydrogen-bond donors (Lipinski definition) is 1. The molecule has 1 N–H and O–H groups in total. The van der Waals surface area contributed by atoms with E-state index < -0.39 is 15.3 Å². The third-order valence-corrected chi connectivity index (χ3v) is 4.86. The Balaban J connectivity index is 2.88. The highest BCUT2D eigenvalue weighted by Crippen LogP contribution is 2.12. The van der Waals surface area contributed by atoms with E-state index in [9.17, 15) is 8.42 Å². The molecule has 0 saturated carbocycles. The van der Waals surface area contributed by atoms with Gasteiger partial charge in [-0.1, -0.05) is 24.0 Å². The highest BCUT2D eigenvalue weighted by Gasteiger charge is 2.25. The number of sulfonamides is 1. The number of benzene rings is 1. The number of rotatable bonds is 5. The predicted octanol–water partition coefficient (Wildman–Crippen LogP) is 1.09. The highest BCUT2D eigenvalue weighted by molar-refractivity contribution is 7.89. The number of aliphatic hydroxyl groups excluding tert-OH is 1. The molecule has 1 aromatic rings. The van der Waals surface area contributed by atoms with Crippen LogP contribution in [-0.2, 0) is 16.6 Å². The van der Waals surface area contributed by atoms with E-state index >= 15 is 0 Å². The van der Waals surface area contributed by atoms with Crippen LogP contribution in [0.25, 0.3) is 0 Å². The Morgan fingerprint density at radius 2 is 2.14 bits per heavy atom.